The molecule has 0 radical (unpaired) electrons. The van der Waals surface area contributed by atoms with Gasteiger partial charge in [0.1, 0.15) is 5.75 Å². The van der Waals surface area contributed by atoms with E-state index in [1.54, 1.807) is 6.07 Å². The van der Waals surface area contributed by atoms with Crippen molar-refractivity contribution in [3.8, 4) is 5.75 Å². The number of phenols is 1. The highest BCUT2D eigenvalue weighted by Gasteiger charge is 2.23. The molecular formula is C17H25ClN2O. The Morgan fingerprint density at radius 1 is 1.05 bits per heavy atom. The van der Waals surface area contributed by atoms with E-state index in [-0.39, 0.29) is 5.75 Å². The molecule has 0 bridgehead atoms. The monoisotopic (exact) mass is 308 g/mol. The SMILES string of the molecule is Oc1cc(Cl)cc(CN2CCC(NC3CCCC3)CC2)c1. The third kappa shape index (κ3) is 4.35. The molecule has 2 fully saturated rings. The fourth-order valence-electron chi connectivity index (χ4n) is 3.67. The minimum Gasteiger partial charge on any atom is -0.508 e. The van der Waals surface area contributed by atoms with Gasteiger partial charge in [-0.15, -0.1) is 0 Å². The maximum absolute atomic E-state index is 9.61. The number of benzene rings is 1. The molecule has 0 amide bonds. The Kier molecular flexibility index (Phi) is 5.04. The molecule has 0 spiro atoms. The Hall–Kier alpha value is -0.770. The highest BCUT2D eigenvalue weighted by Crippen LogP contribution is 2.23. The normalized spacial score (nSPS) is 22.0. The van der Waals surface area contributed by atoms with Crippen LogP contribution in [0.3, 0.4) is 0 Å². The standard InChI is InChI=1S/C17H25ClN2O/c18-14-9-13(10-17(21)11-14)12-20-7-5-16(6-8-20)19-15-3-1-2-4-15/h9-11,15-16,19,21H,1-8,12H2. The average Bonchev–Trinajstić information content (AvgIpc) is 2.93. The highest BCUT2D eigenvalue weighted by molar-refractivity contribution is 6.30. The van der Waals surface area contributed by atoms with E-state index in [0.717, 1.165) is 31.2 Å². The van der Waals surface area contributed by atoms with Crippen LogP contribution in [0.15, 0.2) is 18.2 Å². The van der Waals surface area contributed by atoms with Crippen LogP contribution in [-0.2, 0) is 6.54 Å². The minimum absolute atomic E-state index is 0.260. The Labute approximate surface area is 132 Å². The van der Waals surface area contributed by atoms with Crippen molar-refractivity contribution in [1.29, 1.82) is 0 Å². The summed E-state index contributed by atoms with van der Waals surface area (Å²) in [4.78, 5) is 2.46. The first-order valence-corrected chi connectivity index (χ1v) is 8.54. The van der Waals surface area contributed by atoms with Gasteiger partial charge in [0.25, 0.3) is 0 Å². The van der Waals surface area contributed by atoms with Gasteiger partial charge < -0.3 is 10.4 Å². The van der Waals surface area contributed by atoms with Gasteiger partial charge in [-0.25, -0.2) is 0 Å². The number of hydrogen-bond acceptors (Lipinski definition) is 3. The number of halogens is 1. The number of likely N-dealkylation sites (tertiary alicyclic amines) is 1. The van der Waals surface area contributed by atoms with Crippen LogP contribution in [0.4, 0.5) is 0 Å². The highest BCUT2D eigenvalue weighted by atomic mass is 35.5. The van der Waals surface area contributed by atoms with Crippen molar-refractivity contribution >= 4 is 11.6 Å². The number of rotatable bonds is 4. The fourth-order valence-corrected chi connectivity index (χ4v) is 3.92. The lowest BCUT2D eigenvalue weighted by Gasteiger charge is -2.34. The Morgan fingerprint density at radius 2 is 1.71 bits per heavy atom. The van der Waals surface area contributed by atoms with Gasteiger partial charge in [0.15, 0.2) is 0 Å². The van der Waals surface area contributed by atoms with Crippen molar-refractivity contribution < 1.29 is 5.11 Å². The van der Waals surface area contributed by atoms with E-state index in [2.05, 4.69) is 10.2 Å². The van der Waals surface area contributed by atoms with E-state index in [1.807, 2.05) is 12.1 Å². The van der Waals surface area contributed by atoms with E-state index < -0.39 is 0 Å². The number of nitrogens with one attached hydrogen (secondary N) is 1. The number of hydrogen-bond donors (Lipinski definition) is 2. The molecule has 4 heteroatoms. The molecule has 1 saturated carbocycles. The summed E-state index contributed by atoms with van der Waals surface area (Å²) in [5, 5.41) is 14.1. The molecule has 1 aliphatic carbocycles. The summed E-state index contributed by atoms with van der Waals surface area (Å²) in [7, 11) is 0. The molecule has 1 aliphatic heterocycles. The first-order valence-electron chi connectivity index (χ1n) is 8.16. The Balaban J connectivity index is 1.46. The largest absolute Gasteiger partial charge is 0.508 e. The molecule has 0 aromatic heterocycles. The van der Waals surface area contributed by atoms with Crippen LogP contribution in [0.5, 0.6) is 5.75 Å². The zero-order chi connectivity index (χ0) is 14.7. The van der Waals surface area contributed by atoms with Crippen LogP contribution in [0.2, 0.25) is 5.02 Å². The molecule has 1 saturated heterocycles. The second-order valence-electron chi connectivity index (χ2n) is 6.52. The number of nitrogens with zero attached hydrogens (tertiary/aromatic N) is 1. The molecule has 3 nitrogen and oxygen atoms in total. The lowest BCUT2D eigenvalue weighted by Crippen LogP contribution is -2.45. The summed E-state index contributed by atoms with van der Waals surface area (Å²) in [6, 6.07) is 6.81. The summed E-state index contributed by atoms with van der Waals surface area (Å²) in [5.74, 6) is 0.260. The van der Waals surface area contributed by atoms with Crippen LogP contribution in [0, 0.1) is 0 Å². The van der Waals surface area contributed by atoms with Crippen LogP contribution < -0.4 is 5.32 Å². The van der Waals surface area contributed by atoms with Crippen molar-refractivity contribution in [3.63, 3.8) is 0 Å². The van der Waals surface area contributed by atoms with E-state index in [9.17, 15) is 5.11 Å². The predicted molar refractivity (Wildman–Crippen MR) is 86.8 cm³/mol. The second kappa shape index (κ2) is 6.99. The molecule has 1 aromatic carbocycles. The average molecular weight is 309 g/mol. The molecule has 2 N–H and O–H groups in total. The lowest BCUT2D eigenvalue weighted by molar-refractivity contribution is 0.184. The zero-order valence-electron chi connectivity index (χ0n) is 12.5. The van der Waals surface area contributed by atoms with E-state index >= 15 is 0 Å². The van der Waals surface area contributed by atoms with Crippen molar-refractivity contribution in [2.24, 2.45) is 0 Å². The number of phenolic OH excluding ortho intramolecular Hbond substituents is 1. The quantitative estimate of drug-likeness (QED) is 0.893. The van der Waals surface area contributed by atoms with Crippen LogP contribution >= 0.6 is 11.6 Å². The molecule has 0 atom stereocenters. The molecule has 1 heterocycles. The Bertz CT molecular complexity index is 446. The van der Waals surface area contributed by atoms with Crippen molar-refractivity contribution in [2.45, 2.75) is 57.2 Å². The molecule has 116 valence electrons. The van der Waals surface area contributed by atoms with Crippen LogP contribution in [-0.4, -0.2) is 35.2 Å². The number of piperidine rings is 1. The third-order valence-corrected chi connectivity index (χ3v) is 4.98. The predicted octanol–water partition coefficient (Wildman–Crippen LogP) is 3.54. The van der Waals surface area contributed by atoms with Gasteiger partial charge in [-0.2, -0.15) is 0 Å². The molecule has 3 rings (SSSR count). The van der Waals surface area contributed by atoms with Crippen molar-refractivity contribution in [2.75, 3.05) is 13.1 Å². The summed E-state index contributed by atoms with van der Waals surface area (Å²) in [5.41, 5.74) is 1.10. The molecule has 0 unspecified atom stereocenters. The molecule has 1 aromatic rings. The zero-order valence-corrected chi connectivity index (χ0v) is 13.3. The van der Waals surface area contributed by atoms with Crippen molar-refractivity contribution in [3.05, 3.63) is 28.8 Å². The van der Waals surface area contributed by atoms with Gasteiger partial charge in [-0.1, -0.05) is 24.4 Å². The van der Waals surface area contributed by atoms with E-state index in [4.69, 9.17) is 11.6 Å². The fraction of sp³-hybridized carbons (Fsp3) is 0.647. The van der Waals surface area contributed by atoms with Crippen LogP contribution in [0.25, 0.3) is 0 Å². The van der Waals surface area contributed by atoms with E-state index in [0.29, 0.717) is 11.1 Å². The third-order valence-electron chi connectivity index (χ3n) is 4.76. The first-order chi connectivity index (χ1) is 10.2. The maximum Gasteiger partial charge on any atom is 0.117 e. The van der Waals surface area contributed by atoms with Crippen LogP contribution in [0.1, 0.15) is 44.1 Å². The summed E-state index contributed by atoms with van der Waals surface area (Å²) >= 11 is 6.00. The van der Waals surface area contributed by atoms with Gasteiger partial charge in [0.2, 0.25) is 0 Å². The Morgan fingerprint density at radius 3 is 2.38 bits per heavy atom. The summed E-state index contributed by atoms with van der Waals surface area (Å²) < 4.78 is 0. The smallest absolute Gasteiger partial charge is 0.117 e. The minimum atomic E-state index is 0.260. The summed E-state index contributed by atoms with van der Waals surface area (Å²) in [6.07, 6.45) is 7.97. The van der Waals surface area contributed by atoms with Crippen molar-refractivity contribution in [1.82, 2.24) is 10.2 Å². The molecule has 2 aliphatic rings. The van der Waals surface area contributed by atoms with Gasteiger partial charge in [-0.05, 0) is 62.5 Å². The molecule has 21 heavy (non-hydrogen) atoms. The first kappa shape index (κ1) is 15.1. The van der Waals surface area contributed by atoms with Gasteiger partial charge in [0.05, 0.1) is 0 Å². The van der Waals surface area contributed by atoms with E-state index in [1.165, 1.54) is 38.5 Å². The molecular weight excluding hydrogens is 284 g/mol. The number of aromatic hydroxyl groups is 1. The summed E-state index contributed by atoms with van der Waals surface area (Å²) in [6.45, 7) is 3.12. The van der Waals surface area contributed by atoms with Gasteiger partial charge in [-0.3, -0.25) is 4.90 Å². The van der Waals surface area contributed by atoms with Gasteiger partial charge in [0, 0.05) is 23.7 Å². The lowest BCUT2D eigenvalue weighted by atomic mass is 10.0. The van der Waals surface area contributed by atoms with Gasteiger partial charge >= 0.3 is 0 Å². The maximum atomic E-state index is 9.61. The topological polar surface area (TPSA) is 35.5 Å². The second-order valence-corrected chi connectivity index (χ2v) is 6.95.